The molecule has 0 spiro atoms. The van der Waals surface area contributed by atoms with Crippen molar-refractivity contribution in [3.63, 3.8) is 0 Å². The molecule has 0 aliphatic rings. The molecular formula is C34H50N4O6. The number of aromatic hydroxyl groups is 2. The number of rotatable bonds is 18. The van der Waals surface area contributed by atoms with Crippen LogP contribution in [0, 0.1) is 5.92 Å². The van der Waals surface area contributed by atoms with Gasteiger partial charge in [-0.25, -0.2) is 0 Å². The number of hydrazine groups is 2. The first-order valence-electron chi connectivity index (χ1n) is 16.0. The summed E-state index contributed by atoms with van der Waals surface area (Å²) in [6.07, 6.45) is 10.5. The van der Waals surface area contributed by atoms with Gasteiger partial charge in [0.15, 0.2) is 0 Å². The van der Waals surface area contributed by atoms with Crippen LogP contribution in [-0.4, -0.2) is 33.8 Å². The number of hydrogen-bond acceptors (Lipinski definition) is 6. The third-order valence-corrected chi connectivity index (χ3v) is 7.67. The molecule has 0 saturated carbocycles. The second kappa shape index (κ2) is 20.0. The van der Waals surface area contributed by atoms with E-state index >= 15 is 0 Å². The molecule has 4 amide bonds. The molecule has 6 N–H and O–H groups in total. The summed E-state index contributed by atoms with van der Waals surface area (Å²) in [5, 5.41) is 20.6. The van der Waals surface area contributed by atoms with Crippen LogP contribution >= 0.6 is 0 Å². The van der Waals surface area contributed by atoms with E-state index in [1.165, 1.54) is 12.1 Å². The van der Waals surface area contributed by atoms with E-state index in [2.05, 4.69) is 28.6 Å². The zero-order chi connectivity index (χ0) is 32.3. The molecule has 0 aromatic heterocycles. The molecule has 44 heavy (non-hydrogen) atoms. The Morgan fingerprint density at radius 1 is 0.614 bits per heavy atom. The first kappa shape index (κ1) is 36.1. The van der Waals surface area contributed by atoms with Crippen molar-refractivity contribution in [2.75, 3.05) is 0 Å². The first-order valence-corrected chi connectivity index (χ1v) is 16.0. The van der Waals surface area contributed by atoms with Crippen molar-refractivity contribution in [1.82, 2.24) is 21.7 Å². The Morgan fingerprint density at radius 3 is 1.64 bits per heavy atom. The van der Waals surface area contributed by atoms with Gasteiger partial charge in [-0.15, -0.1) is 0 Å². The van der Waals surface area contributed by atoms with Gasteiger partial charge in [-0.05, 0) is 61.8 Å². The Labute approximate surface area is 261 Å². The second-order valence-electron chi connectivity index (χ2n) is 11.2. The fourth-order valence-electron chi connectivity index (χ4n) is 5.09. The summed E-state index contributed by atoms with van der Waals surface area (Å²) >= 11 is 0. The molecule has 10 heteroatoms. The smallest absolute Gasteiger partial charge is 0.273 e. The van der Waals surface area contributed by atoms with Crippen LogP contribution in [0.5, 0.6) is 11.5 Å². The van der Waals surface area contributed by atoms with Crippen molar-refractivity contribution in [2.24, 2.45) is 5.92 Å². The van der Waals surface area contributed by atoms with E-state index in [4.69, 9.17) is 0 Å². The highest BCUT2D eigenvalue weighted by atomic mass is 16.3. The van der Waals surface area contributed by atoms with Gasteiger partial charge in [0.05, 0.1) is 11.1 Å². The van der Waals surface area contributed by atoms with Crippen LogP contribution in [0.4, 0.5) is 0 Å². The molecule has 0 saturated heterocycles. The Kier molecular flexibility index (Phi) is 16.4. The number of carbonyl (C=O) groups is 4. The van der Waals surface area contributed by atoms with Crippen molar-refractivity contribution in [2.45, 2.75) is 111 Å². The molecule has 1 unspecified atom stereocenters. The minimum Gasteiger partial charge on any atom is -0.507 e. The molecule has 1 atom stereocenters. The average molecular weight is 611 g/mol. The van der Waals surface area contributed by atoms with Crippen molar-refractivity contribution in [3.8, 4) is 11.5 Å². The Hall–Kier alpha value is -4.08. The maximum atomic E-state index is 13.1. The normalized spacial score (nSPS) is 11.4. The van der Waals surface area contributed by atoms with Crippen LogP contribution in [0.1, 0.15) is 130 Å². The van der Waals surface area contributed by atoms with E-state index in [9.17, 15) is 29.4 Å². The summed E-state index contributed by atoms with van der Waals surface area (Å²) in [5.41, 5.74) is 11.4. The van der Waals surface area contributed by atoms with Crippen molar-refractivity contribution in [1.29, 1.82) is 0 Å². The van der Waals surface area contributed by atoms with Gasteiger partial charge in [0.25, 0.3) is 11.8 Å². The molecule has 0 fully saturated rings. The number of unbranched alkanes of at least 4 members (excludes halogenated alkanes) is 6. The maximum absolute atomic E-state index is 13.1. The molecule has 10 nitrogen and oxygen atoms in total. The monoisotopic (exact) mass is 610 g/mol. The number of phenolic OH excluding ortho intramolecular Hbond substituents is 2. The number of hydrogen-bond donors (Lipinski definition) is 6. The summed E-state index contributed by atoms with van der Waals surface area (Å²) in [6.45, 7) is 6.20. The Morgan fingerprint density at radius 2 is 1.11 bits per heavy atom. The summed E-state index contributed by atoms with van der Waals surface area (Å²) in [4.78, 5) is 51.5. The minimum absolute atomic E-state index is 0.0363. The van der Waals surface area contributed by atoms with Crippen molar-refractivity contribution >= 4 is 23.6 Å². The van der Waals surface area contributed by atoms with E-state index in [1.807, 2.05) is 13.8 Å². The molecule has 0 radical (unpaired) electrons. The lowest BCUT2D eigenvalue weighted by atomic mass is 9.95. The van der Waals surface area contributed by atoms with Gasteiger partial charge in [0.2, 0.25) is 11.8 Å². The number of carbonyl (C=O) groups excluding carboxylic acids is 4. The highest BCUT2D eigenvalue weighted by molar-refractivity contribution is 6.00. The van der Waals surface area contributed by atoms with E-state index in [0.717, 1.165) is 57.8 Å². The molecule has 0 heterocycles. The molecule has 2 rings (SSSR count). The van der Waals surface area contributed by atoms with Gasteiger partial charge < -0.3 is 10.2 Å². The Balaban J connectivity index is 1.99. The van der Waals surface area contributed by atoms with Crippen LogP contribution in [0.25, 0.3) is 0 Å². The minimum atomic E-state index is -0.613. The topological polar surface area (TPSA) is 157 Å². The van der Waals surface area contributed by atoms with Gasteiger partial charge >= 0.3 is 0 Å². The van der Waals surface area contributed by atoms with Gasteiger partial charge in [0.1, 0.15) is 11.5 Å². The summed E-state index contributed by atoms with van der Waals surface area (Å²) in [5.74, 6) is -2.99. The molecule has 2 aromatic carbocycles. The largest absolute Gasteiger partial charge is 0.507 e. The lowest BCUT2D eigenvalue weighted by Gasteiger charge is -2.18. The van der Waals surface area contributed by atoms with E-state index in [0.29, 0.717) is 30.4 Å². The molecule has 0 bridgehead atoms. The molecule has 0 aliphatic heterocycles. The SMILES string of the molecule is CCCCCCCC(CCC(=O)NNC(=O)c1c(O)cccc1CCCC)C(=O)NNC(=O)c1c(O)cccc1CCCC. The summed E-state index contributed by atoms with van der Waals surface area (Å²) < 4.78 is 0. The van der Waals surface area contributed by atoms with E-state index < -0.39 is 29.5 Å². The van der Waals surface area contributed by atoms with Gasteiger partial charge in [-0.2, -0.15) is 0 Å². The highest BCUT2D eigenvalue weighted by Crippen LogP contribution is 2.24. The number of aryl methyl sites for hydroxylation is 2. The third kappa shape index (κ3) is 11.9. The number of phenols is 2. The number of amides is 4. The highest BCUT2D eigenvalue weighted by Gasteiger charge is 2.23. The molecular weight excluding hydrogens is 560 g/mol. The van der Waals surface area contributed by atoms with Gasteiger partial charge in [-0.3, -0.25) is 40.9 Å². The fraction of sp³-hybridized carbons (Fsp3) is 0.529. The summed E-state index contributed by atoms with van der Waals surface area (Å²) in [7, 11) is 0. The van der Waals surface area contributed by atoms with E-state index in [-0.39, 0.29) is 35.5 Å². The predicted octanol–water partition coefficient (Wildman–Crippen LogP) is 5.76. The van der Waals surface area contributed by atoms with Crippen molar-refractivity contribution < 1.29 is 29.4 Å². The number of nitrogens with one attached hydrogen (secondary N) is 4. The van der Waals surface area contributed by atoms with Crippen LogP contribution in [-0.2, 0) is 22.4 Å². The molecule has 242 valence electrons. The summed E-state index contributed by atoms with van der Waals surface area (Å²) in [6, 6.07) is 9.80. The van der Waals surface area contributed by atoms with Gasteiger partial charge in [0, 0.05) is 12.3 Å². The van der Waals surface area contributed by atoms with Crippen LogP contribution < -0.4 is 21.7 Å². The lowest BCUT2D eigenvalue weighted by Crippen LogP contribution is -2.45. The molecule has 0 aliphatic carbocycles. The first-order chi connectivity index (χ1) is 21.2. The fourth-order valence-corrected chi connectivity index (χ4v) is 5.09. The van der Waals surface area contributed by atoms with E-state index in [1.54, 1.807) is 24.3 Å². The second-order valence-corrected chi connectivity index (χ2v) is 11.2. The Bertz CT molecular complexity index is 1230. The van der Waals surface area contributed by atoms with Crippen LogP contribution in [0.3, 0.4) is 0 Å². The van der Waals surface area contributed by atoms with Crippen molar-refractivity contribution in [3.05, 3.63) is 58.7 Å². The predicted molar refractivity (Wildman–Crippen MR) is 171 cm³/mol. The zero-order valence-electron chi connectivity index (χ0n) is 26.5. The maximum Gasteiger partial charge on any atom is 0.273 e. The number of benzene rings is 2. The average Bonchev–Trinajstić information content (AvgIpc) is 3.01. The quantitative estimate of drug-likeness (QED) is 0.0930. The van der Waals surface area contributed by atoms with Gasteiger partial charge in [-0.1, -0.05) is 90.0 Å². The standard InChI is InChI=1S/C34H50N4O6/c1-4-7-10-11-12-17-26(32(42)36-38-34(44)31-25(16-9-6-3)19-14-21-28(31)40)22-23-29(41)35-37-33(43)30-24(15-8-5-2)18-13-20-27(30)39/h13-14,18-21,26,39-40H,4-12,15-17,22-23H2,1-3H3,(H,35,41)(H,36,42)(H,37,43)(H,38,44). The van der Waals surface area contributed by atoms with Crippen LogP contribution in [0.2, 0.25) is 0 Å². The third-order valence-electron chi connectivity index (χ3n) is 7.67. The zero-order valence-corrected chi connectivity index (χ0v) is 26.5. The van der Waals surface area contributed by atoms with Crippen LogP contribution in [0.15, 0.2) is 36.4 Å². The lowest BCUT2D eigenvalue weighted by molar-refractivity contribution is -0.127. The molecule has 2 aromatic rings.